The highest BCUT2D eigenvalue weighted by molar-refractivity contribution is 5.06. The van der Waals surface area contributed by atoms with Crippen molar-refractivity contribution in [2.45, 2.75) is 58.0 Å². The van der Waals surface area contributed by atoms with Gasteiger partial charge >= 0.3 is 0 Å². The largest absolute Gasteiger partial charge is 0.364 e. The molecule has 1 aromatic rings. The van der Waals surface area contributed by atoms with Gasteiger partial charge in [0.25, 0.3) is 0 Å². The van der Waals surface area contributed by atoms with Crippen LogP contribution < -0.4 is 5.32 Å². The average molecular weight is 260 g/mol. The molecule has 1 atom stereocenters. The van der Waals surface area contributed by atoms with Crippen LogP contribution in [-0.4, -0.2) is 11.2 Å². The summed E-state index contributed by atoms with van der Waals surface area (Å²) in [5.41, 5.74) is 1.75. The van der Waals surface area contributed by atoms with Gasteiger partial charge in [-0.2, -0.15) is 0 Å². The van der Waals surface area contributed by atoms with Crippen LogP contribution in [0.4, 0.5) is 0 Å². The van der Waals surface area contributed by atoms with Crippen LogP contribution in [0.3, 0.4) is 0 Å². The van der Waals surface area contributed by atoms with E-state index in [0.29, 0.717) is 11.5 Å². The summed E-state index contributed by atoms with van der Waals surface area (Å²) in [5.74, 6) is 3.10. The number of hydrogen-bond acceptors (Lipinski definition) is 3. The molecule has 0 saturated heterocycles. The first-order valence-electron chi connectivity index (χ1n) is 7.85. The Labute approximate surface area is 115 Å². The Balaban J connectivity index is 1.45. The number of nitrogens with zero attached hydrogens (tertiary/aromatic N) is 1. The molecule has 0 spiro atoms. The third kappa shape index (κ3) is 2.03. The first kappa shape index (κ1) is 12.0. The fourth-order valence-corrected chi connectivity index (χ4v) is 5.51. The minimum absolute atomic E-state index is 0.589. The molecule has 19 heavy (non-hydrogen) atoms. The van der Waals surface area contributed by atoms with E-state index in [4.69, 9.17) is 4.52 Å². The Hall–Kier alpha value is -0.830. The molecule has 3 heteroatoms. The third-order valence-corrected chi connectivity index (χ3v) is 6.10. The van der Waals surface area contributed by atoms with Gasteiger partial charge in [-0.15, -0.1) is 0 Å². The Morgan fingerprint density at radius 1 is 1.26 bits per heavy atom. The van der Waals surface area contributed by atoms with Crippen LogP contribution in [-0.2, 0) is 6.54 Å². The van der Waals surface area contributed by atoms with Crippen LogP contribution in [0.1, 0.15) is 51.0 Å². The van der Waals surface area contributed by atoms with Crippen molar-refractivity contribution in [3.63, 3.8) is 0 Å². The van der Waals surface area contributed by atoms with E-state index in [1.54, 1.807) is 6.26 Å². The van der Waals surface area contributed by atoms with Crippen molar-refractivity contribution in [2.24, 2.45) is 23.2 Å². The second kappa shape index (κ2) is 4.34. The van der Waals surface area contributed by atoms with Gasteiger partial charge in [0.15, 0.2) is 0 Å². The molecular weight excluding hydrogens is 236 g/mol. The lowest BCUT2D eigenvalue weighted by molar-refractivity contribution is -0.0706. The van der Waals surface area contributed by atoms with Crippen molar-refractivity contribution < 1.29 is 4.52 Å². The predicted molar refractivity (Wildman–Crippen MR) is 73.4 cm³/mol. The Morgan fingerprint density at radius 3 is 2.42 bits per heavy atom. The predicted octanol–water partition coefficient (Wildman–Crippen LogP) is 3.37. The summed E-state index contributed by atoms with van der Waals surface area (Å²) < 4.78 is 4.91. The van der Waals surface area contributed by atoms with Gasteiger partial charge in [0, 0.05) is 18.2 Å². The van der Waals surface area contributed by atoms with E-state index in [9.17, 15) is 0 Å². The molecule has 0 aliphatic heterocycles. The van der Waals surface area contributed by atoms with Gasteiger partial charge in [0.1, 0.15) is 6.26 Å². The number of rotatable bonds is 4. The molecule has 3 nitrogen and oxygen atoms in total. The lowest BCUT2D eigenvalue weighted by atomic mass is 9.48. The van der Waals surface area contributed by atoms with E-state index in [2.05, 4.69) is 17.4 Å². The molecule has 4 bridgehead atoms. The summed E-state index contributed by atoms with van der Waals surface area (Å²) in [7, 11) is 0. The first-order chi connectivity index (χ1) is 9.23. The quantitative estimate of drug-likeness (QED) is 0.902. The summed E-state index contributed by atoms with van der Waals surface area (Å²) >= 11 is 0. The summed E-state index contributed by atoms with van der Waals surface area (Å²) in [6.07, 6.45) is 12.6. The lowest BCUT2D eigenvalue weighted by Gasteiger charge is -2.59. The smallest absolute Gasteiger partial charge is 0.128 e. The van der Waals surface area contributed by atoms with Crippen molar-refractivity contribution in [2.75, 3.05) is 0 Å². The number of nitrogens with one attached hydrogen (secondary N) is 1. The van der Waals surface area contributed by atoms with Crippen molar-refractivity contribution in [1.29, 1.82) is 0 Å². The topological polar surface area (TPSA) is 38.1 Å². The third-order valence-electron chi connectivity index (χ3n) is 6.10. The van der Waals surface area contributed by atoms with Gasteiger partial charge < -0.3 is 9.84 Å². The highest BCUT2D eigenvalue weighted by atomic mass is 16.5. The molecule has 5 rings (SSSR count). The zero-order valence-corrected chi connectivity index (χ0v) is 11.8. The van der Waals surface area contributed by atoms with Gasteiger partial charge in [-0.3, -0.25) is 0 Å². The van der Waals surface area contributed by atoms with Crippen LogP contribution in [0.15, 0.2) is 17.0 Å². The van der Waals surface area contributed by atoms with Gasteiger partial charge in [-0.1, -0.05) is 5.16 Å². The SMILES string of the molecule is CC(NCc1cnoc1)C12CC3CC(CC(C3)C1)C2. The van der Waals surface area contributed by atoms with Crippen molar-refractivity contribution in [3.05, 3.63) is 18.0 Å². The Kier molecular flexibility index (Phi) is 2.73. The fraction of sp³-hybridized carbons (Fsp3) is 0.812. The summed E-state index contributed by atoms with van der Waals surface area (Å²) in [5, 5.41) is 7.52. The molecule has 4 aliphatic carbocycles. The lowest BCUT2D eigenvalue weighted by Crippen LogP contribution is -2.54. The van der Waals surface area contributed by atoms with Gasteiger partial charge in [-0.05, 0) is 68.6 Å². The monoisotopic (exact) mass is 260 g/mol. The molecule has 1 heterocycles. The maximum absolute atomic E-state index is 4.91. The molecule has 0 aromatic carbocycles. The van der Waals surface area contributed by atoms with Crippen LogP contribution in [0, 0.1) is 23.2 Å². The van der Waals surface area contributed by atoms with Gasteiger partial charge in [0.05, 0.1) is 6.20 Å². The van der Waals surface area contributed by atoms with E-state index in [-0.39, 0.29) is 0 Å². The van der Waals surface area contributed by atoms with Crippen LogP contribution in [0.5, 0.6) is 0 Å². The van der Waals surface area contributed by atoms with E-state index < -0.39 is 0 Å². The average Bonchev–Trinajstić information content (AvgIpc) is 2.87. The molecule has 4 saturated carbocycles. The van der Waals surface area contributed by atoms with Crippen molar-refractivity contribution >= 4 is 0 Å². The molecule has 4 fully saturated rings. The van der Waals surface area contributed by atoms with Crippen molar-refractivity contribution in [1.82, 2.24) is 10.5 Å². The summed E-state index contributed by atoms with van der Waals surface area (Å²) in [6.45, 7) is 3.30. The number of hydrogen-bond donors (Lipinski definition) is 1. The van der Waals surface area contributed by atoms with Gasteiger partial charge in [0.2, 0.25) is 0 Å². The zero-order chi connectivity index (χ0) is 12.9. The van der Waals surface area contributed by atoms with Crippen LogP contribution >= 0.6 is 0 Å². The maximum Gasteiger partial charge on any atom is 0.128 e. The molecule has 1 N–H and O–H groups in total. The van der Waals surface area contributed by atoms with Gasteiger partial charge in [-0.25, -0.2) is 0 Å². The summed E-state index contributed by atoms with van der Waals surface area (Å²) in [6, 6.07) is 0.621. The molecule has 104 valence electrons. The highest BCUT2D eigenvalue weighted by Gasteiger charge is 2.52. The zero-order valence-electron chi connectivity index (χ0n) is 11.8. The van der Waals surface area contributed by atoms with E-state index >= 15 is 0 Å². The second-order valence-electron chi connectivity index (χ2n) is 7.42. The normalized spacial score (nSPS) is 41.6. The van der Waals surface area contributed by atoms with Crippen molar-refractivity contribution in [3.8, 4) is 0 Å². The molecule has 4 aliphatic rings. The van der Waals surface area contributed by atoms with E-state index in [1.165, 1.54) is 38.5 Å². The standard InChI is InChI=1S/C16H24N2O/c1-11(17-8-15-9-18-19-10-15)16-5-12-2-13(6-16)4-14(3-12)7-16/h9-14,17H,2-8H2,1H3. The molecule has 0 amide bonds. The Morgan fingerprint density at radius 2 is 1.89 bits per heavy atom. The second-order valence-corrected chi connectivity index (χ2v) is 7.42. The number of aromatic nitrogens is 1. The molecule has 1 aromatic heterocycles. The minimum atomic E-state index is 0.589. The maximum atomic E-state index is 4.91. The fourth-order valence-electron chi connectivity index (χ4n) is 5.51. The Bertz CT molecular complexity index is 404. The van der Waals surface area contributed by atoms with E-state index in [1.807, 2.05) is 6.20 Å². The molecular formula is C16H24N2O. The van der Waals surface area contributed by atoms with Crippen LogP contribution in [0.2, 0.25) is 0 Å². The molecule has 1 unspecified atom stereocenters. The first-order valence-corrected chi connectivity index (χ1v) is 7.85. The van der Waals surface area contributed by atoms with Crippen LogP contribution in [0.25, 0.3) is 0 Å². The highest BCUT2D eigenvalue weighted by Crippen LogP contribution is 2.61. The molecule has 0 radical (unpaired) electrons. The summed E-state index contributed by atoms with van der Waals surface area (Å²) in [4.78, 5) is 0. The minimum Gasteiger partial charge on any atom is -0.364 e. The van der Waals surface area contributed by atoms with E-state index in [0.717, 1.165) is 29.9 Å².